The maximum absolute atomic E-state index is 12.8. The molecule has 0 amide bonds. The van der Waals surface area contributed by atoms with Gasteiger partial charge in [-0.15, -0.1) is 11.3 Å². The van der Waals surface area contributed by atoms with Crippen LogP contribution in [0.2, 0.25) is 0 Å². The average Bonchev–Trinajstić information content (AvgIpc) is 3.33. The van der Waals surface area contributed by atoms with Crippen LogP contribution in [0.5, 0.6) is 0 Å². The molecule has 0 bridgehead atoms. The molecule has 0 spiro atoms. The van der Waals surface area contributed by atoms with E-state index >= 15 is 0 Å². The number of nitrogens with zero attached hydrogens (tertiary/aromatic N) is 3. The topological polar surface area (TPSA) is 65.0 Å². The van der Waals surface area contributed by atoms with Gasteiger partial charge in [0, 0.05) is 11.6 Å². The van der Waals surface area contributed by atoms with E-state index in [-0.39, 0.29) is 11.5 Å². The van der Waals surface area contributed by atoms with E-state index in [2.05, 4.69) is 15.3 Å². The Balaban J connectivity index is 1.65. The summed E-state index contributed by atoms with van der Waals surface area (Å²) in [6.07, 6.45) is -2.96. The first-order valence-electron chi connectivity index (χ1n) is 7.03. The Labute approximate surface area is 142 Å². The third-order valence-corrected chi connectivity index (χ3v) is 4.48. The van der Waals surface area contributed by atoms with E-state index in [9.17, 15) is 13.2 Å². The molecule has 5 nitrogen and oxygen atoms in total. The molecule has 0 aliphatic carbocycles. The Kier molecular flexibility index (Phi) is 3.65. The minimum atomic E-state index is -4.43. The molecule has 0 saturated heterocycles. The summed E-state index contributed by atoms with van der Waals surface area (Å²) >= 11 is 1.37. The molecule has 0 fully saturated rings. The molecule has 3 aromatic heterocycles. The third kappa shape index (κ3) is 3.05. The van der Waals surface area contributed by atoms with Crippen LogP contribution in [0.15, 0.2) is 57.8 Å². The second-order valence-electron chi connectivity index (χ2n) is 5.05. The maximum atomic E-state index is 12.8. The molecule has 0 atom stereocenters. The Hall–Kier alpha value is -2.94. The van der Waals surface area contributed by atoms with Crippen LogP contribution in [0, 0.1) is 0 Å². The molecule has 4 rings (SSSR count). The van der Waals surface area contributed by atoms with Crippen LogP contribution in [-0.4, -0.2) is 15.3 Å². The van der Waals surface area contributed by atoms with Crippen LogP contribution >= 0.6 is 11.3 Å². The fourth-order valence-electron chi connectivity index (χ4n) is 2.20. The zero-order valence-corrected chi connectivity index (χ0v) is 13.1. The number of hydrogen-bond acceptors (Lipinski definition) is 6. The van der Waals surface area contributed by atoms with Gasteiger partial charge in [0.15, 0.2) is 0 Å². The number of hydrogen-bond donors (Lipinski definition) is 0. The first-order chi connectivity index (χ1) is 12.0. The van der Waals surface area contributed by atoms with Crippen molar-refractivity contribution < 1.29 is 22.2 Å². The minimum Gasteiger partial charge on any atom is -0.364 e. The molecule has 3 heterocycles. The van der Waals surface area contributed by atoms with Gasteiger partial charge in [-0.05, 0) is 30.3 Å². The van der Waals surface area contributed by atoms with Gasteiger partial charge >= 0.3 is 6.18 Å². The molecule has 25 heavy (non-hydrogen) atoms. The Morgan fingerprint density at radius 3 is 2.56 bits per heavy atom. The standard InChI is InChI=1S/C16H8F3N3O2S/c17-16(18,19)10-3-1-2-9(8-10)15-20-14(22-24-15)13-5-4-12(25-13)11-6-7-23-21-11/h1-8H. The van der Waals surface area contributed by atoms with Crippen molar-refractivity contribution in [1.82, 2.24) is 15.3 Å². The summed E-state index contributed by atoms with van der Waals surface area (Å²) in [4.78, 5) is 5.75. The van der Waals surface area contributed by atoms with Gasteiger partial charge in [-0.3, -0.25) is 0 Å². The number of alkyl halides is 3. The number of benzene rings is 1. The molecule has 9 heteroatoms. The molecular weight excluding hydrogens is 355 g/mol. The van der Waals surface area contributed by atoms with Crippen molar-refractivity contribution in [3.05, 3.63) is 54.3 Å². The van der Waals surface area contributed by atoms with Gasteiger partial charge in [0.25, 0.3) is 5.89 Å². The predicted octanol–water partition coefficient (Wildman–Crippen LogP) is 5.14. The summed E-state index contributed by atoms with van der Waals surface area (Å²) in [6, 6.07) is 10.1. The van der Waals surface area contributed by atoms with Gasteiger partial charge in [0.2, 0.25) is 5.82 Å². The molecule has 0 aliphatic heterocycles. The Bertz CT molecular complexity index is 1010. The van der Waals surface area contributed by atoms with E-state index in [1.165, 1.54) is 29.7 Å². The molecule has 0 saturated carbocycles. The van der Waals surface area contributed by atoms with Crippen molar-refractivity contribution in [2.75, 3.05) is 0 Å². The smallest absolute Gasteiger partial charge is 0.364 e. The lowest BCUT2D eigenvalue weighted by molar-refractivity contribution is -0.137. The highest BCUT2D eigenvalue weighted by molar-refractivity contribution is 7.18. The normalized spacial score (nSPS) is 11.8. The molecule has 0 unspecified atom stereocenters. The van der Waals surface area contributed by atoms with Gasteiger partial charge in [-0.25, -0.2) is 0 Å². The van der Waals surface area contributed by atoms with Crippen LogP contribution in [0.3, 0.4) is 0 Å². The zero-order valence-electron chi connectivity index (χ0n) is 12.3. The summed E-state index contributed by atoms with van der Waals surface area (Å²) < 4.78 is 48.4. The van der Waals surface area contributed by atoms with E-state index in [1.54, 1.807) is 12.1 Å². The number of rotatable bonds is 3. The van der Waals surface area contributed by atoms with Gasteiger partial charge in [-0.2, -0.15) is 18.2 Å². The highest BCUT2D eigenvalue weighted by Crippen LogP contribution is 2.34. The minimum absolute atomic E-state index is 0.0255. The lowest BCUT2D eigenvalue weighted by Gasteiger charge is -2.06. The Morgan fingerprint density at radius 1 is 0.960 bits per heavy atom. The second-order valence-corrected chi connectivity index (χ2v) is 6.13. The van der Waals surface area contributed by atoms with Crippen LogP contribution in [0.25, 0.3) is 32.7 Å². The zero-order chi connectivity index (χ0) is 17.4. The first kappa shape index (κ1) is 15.6. The molecular formula is C16H8F3N3O2S. The number of halogens is 3. The van der Waals surface area contributed by atoms with Crippen molar-refractivity contribution in [1.29, 1.82) is 0 Å². The largest absolute Gasteiger partial charge is 0.416 e. The molecule has 0 aliphatic rings. The second kappa shape index (κ2) is 5.85. The lowest BCUT2D eigenvalue weighted by atomic mass is 10.1. The lowest BCUT2D eigenvalue weighted by Crippen LogP contribution is -2.04. The van der Waals surface area contributed by atoms with Gasteiger partial charge in [-0.1, -0.05) is 16.4 Å². The highest BCUT2D eigenvalue weighted by atomic mass is 32.1. The number of thiophene rings is 1. The molecule has 126 valence electrons. The fourth-order valence-corrected chi connectivity index (χ4v) is 3.10. The molecule has 0 N–H and O–H groups in total. The molecule has 1 aromatic carbocycles. The summed E-state index contributed by atoms with van der Waals surface area (Å²) in [5.41, 5.74) is 0.119. The Morgan fingerprint density at radius 2 is 1.80 bits per heavy atom. The quantitative estimate of drug-likeness (QED) is 0.504. The van der Waals surface area contributed by atoms with Gasteiger partial charge in [0.1, 0.15) is 12.0 Å². The summed E-state index contributed by atoms with van der Waals surface area (Å²) in [5.74, 6) is 0.324. The van der Waals surface area contributed by atoms with Crippen LogP contribution in [0.1, 0.15) is 5.56 Å². The molecule has 4 aromatic rings. The van der Waals surface area contributed by atoms with Crippen molar-refractivity contribution >= 4 is 11.3 Å². The summed E-state index contributed by atoms with van der Waals surface area (Å²) in [5, 5.41) is 7.69. The monoisotopic (exact) mass is 363 g/mol. The highest BCUT2D eigenvalue weighted by Gasteiger charge is 2.31. The molecule has 0 radical (unpaired) electrons. The van der Waals surface area contributed by atoms with Gasteiger partial charge < -0.3 is 9.05 Å². The van der Waals surface area contributed by atoms with Crippen LogP contribution < -0.4 is 0 Å². The summed E-state index contributed by atoms with van der Waals surface area (Å²) in [6.45, 7) is 0. The SMILES string of the molecule is FC(F)(F)c1cccc(-c2nc(-c3ccc(-c4ccon4)s3)no2)c1. The van der Waals surface area contributed by atoms with Crippen LogP contribution in [0.4, 0.5) is 13.2 Å². The number of aromatic nitrogens is 3. The predicted molar refractivity (Wildman–Crippen MR) is 83.5 cm³/mol. The van der Waals surface area contributed by atoms with E-state index in [4.69, 9.17) is 9.05 Å². The maximum Gasteiger partial charge on any atom is 0.416 e. The van der Waals surface area contributed by atoms with Gasteiger partial charge in [0.05, 0.1) is 15.3 Å². The van der Waals surface area contributed by atoms with E-state index in [0.717, 1.165) is 17.0 Å². The van der Waals surface area contributed by atoms with Crippen molar-refractivity contribution in [2.45, 2.75) is 6.18 Å². The van der Waals surface area contributed by atoms with Crippen LogP contribution in [-0.2, 0) is 6.18 Å². The summed E-state index contributed by atoms with van der Waals surface area (Å²) in [7, 11) is 0. The van der Waals surface area contributed by atoms with E-state index < -0.39 is 11.7 Å². The third-order valence-electron chi connectivity index (χ3n) is 3.38. The fraction of sp³-hybridized carbons (Fsp3) is 0.0625. The van der Waals surface area contributed by atoms with Crippen molar-refractivity contribution in [3.8, 4) is 32.7 Å². The first-order valence-corrected chi connectivity index (χ1v) is 7.85. The van der Waals surface area contributed by atoms with Crippen molar-refractivity contribution in [3.63, 3.8) is 0 Å². The van der Waals surface area contributed by atoms with E-state index in [1.807, 2.05) is 6.07 Å². The average molecular weight is 363 g/mol. The van der Waals surface area contributed by atoms with E-state index in [0.29, 0.717) is 16.4 Å². The van der Waals surface area contributed by atoms with Crippen molar-refractivity contribution in [2.24, 2.45) is 0 Å².